The number of ketones is 1. The molecule has 0 spiro atoms. The molecule has 0 saturated carbocycles. The Kier molecular flexibility index (Phi) is 6.04. The van der Waals surface area contributed by atoms with Gasteiger partial charge in [-0.25, -0.2) is 4.79 Å². The van der Waals surface area contributed by atoms with Gasteiger partial charge >= 0.3 is 5.97 Å². The Hall–Kier alpha value is -3.93. The van der Waals surface area contributed by atoms with Gasteiger partial charge in [0.2, 0.25) is 0 Å². The second-order valence-electron chi connectivity index (χ2n) is 6.51. The summed E-state index contributed by atoms with van der Waals surface area (Å²) in [4.78, 5) is 36.4. The molecule has 146 valence electrons. The quantitative estimate of drug-likeness (QED) is 0.539. The molecule has 1 atom stereocenters. The van der Waals surface area contributed by atoms with Crippen LogP contribution in [0, 0.1) is 0 Å². The van der Waals surface area contributed by atoms with Gasteiger partial charge < -0.3 is 15.5 Å². The standard InChI is InChI=1S/C23H19NO5/c25-19-12-6-15(7-13-19)14-20(23(28)29)24-22(27)18-10-8-17(9-11-18)21(26)16-4-2-1-3-5-16/h1-13,20,25H,14H2,(H,24,27)(H,28,29)/t20-/m0/s1. The van der Waals surface area contributed by atoms with E-state index in [1.807, 2.05) is 6.07 Å². The molecule has 0 radical (unpaired) electrons. The second-order valence-corrected chi connectivity index (χ2v) is 6.51. The third-order valence-electron chi connectivity index (χ3n) is 4.42. The van der Waals surface area contributed by atoms with E-state index in [4.69, 9.17) is 0 Å². The third-order valence-corrected chi connectivity index (χ3v) is 4.42. The molecule has 3 rings (SSSR count). The minimum Gasteiger partial charge on any atom is -0.508 e. The fourth-order valence-corrected chi connectivity index (χ4v) is 2.84. The molecule has 6 heteroatoms. The van der Waals surface area contributed by atoms with Gasteiger partial charge in [-0.3, -0.25) is 9.59 Å². The number of rotatable bonds is 7. The van der Waals surface area contributed by atoms with Crippen molar-refractivity contribution in [2.24, 2.45) is 0 Å². The number of amides is 1. The first kappa shape index (κ1) is 19.8. The Labute approximate surface area is 167 Å². The van der Waals surface area contributed by atoms with Crippen LogP contribution in [0.5, 0.6) is 5.75 Å². The summed E-state index contributed by atoms with van der Waals surface area (Å²) in [6.45, 7) is 0. The summed E-state index contributed by atoms with van der Waals surface area (Å²) in [5.74, 6) is -1.79. The number of carbonyl (C=O) groups excluding carboxylic acids is 2. The summed E-state index contributed by atoms with van der Waals surface area (Å²) in [5.41, 5.74) is 1.90. The molecule has 3 aromatic carbocycles. The molecule has 0 aliphatic rings. The van der Waals surface area contributed by atoms with Crippen molar-refractivity contribution < 1.29 is 24.6 Å². The molecule has 0 heterocycles. The number of phenolic OH excluding ortho intramolecular Hbond substituents is 1. The fourth-order valence-electron chi connectivity index (χ4n) is 2.84. The maximum Gasteiger partial charge on any atom is 0.326 e. The van der Waals surface area contributed by atoms with Crippen molar-refractivity contribution in [3.05, 3.63) is 101 Å². The van der Waals surface area contributed by atoms with Gasteiger partial charge in [0.25, 0.3) is 5.91 Å². The molecule has 0 saturated heterocycles. The molecule has 0 bridgehead atoms. The normalized spacial score (nSPS) is 11.4. The van der Waals surface area contributed by atoms with Crippen LogP contribution in [0.4, 0.5) is 0 Å². The lowest BCUT2D eigenvalue weighted by Gasteiger charge is -2.15. The highest BCUT2D eigenvalue weighted by Gasteiger charge is 2.21. The van der Waals surface area contributed by atoms with Gasteiger partial charge in [0, 0.05) is 23.1 Å². The highest BCUT2D eigenvalue weighted by molar-refractivity contribution is 6.09. The number of carboxylic acid groups (broad SMARTS) is 1. The van der Waals surface area contributed by atoms with Crippen LogP contribution in [0.2, 0.25) is 0 Å². The summed E-state index contributed by atoms with van der Waals surface area (Å²) >= 11 is 0. The summed E-state index contributed by atoms with van der Waals surface area (Å²) in [6, 6.07) is 19.8. The molecule has 3 N–H and O–H groups in total. The van der Waals surface area contributed by atoms with E-state index >= 15 is 0 Å². The van der Waals surface area contributed by atoms with Crippen LogP contribution < -0.4 is 5.32 Å². The van der Waals surface area contributed by atoms with Crippen LogP contribution in [0.1, 0.15) is 31.8 Å². The predicted molar refractivity (Wildman–Crippen MR) is 107 cm³/mol. The Bertz CT molecular complexity index is 1010. The summed E-state index contributed by atoms with van der Waals surface area (Å²) in [7, 11) is 0. The van der Waals surface area contributed by atoms with Gasteiger partial charge in [-0.2, -0.15) is 0 Å². The number of nitrogens with one attached hydrogen (secondary N) is 1. The number of aliphatic carboxylic acids is 1. The van der Waals surface area contributed by atoms with E-state index in [0.29, 0.717) is 16.7 Å². The largest absolute Gasteiger partial charge is 0.508 e. The second kappa shape index (κ2) is 8.84. The lowest BCUT2D eigenvalue weighted by molar-refractivity contribution is -0.139. The van der Waals surface area contributed by atoms with Crippen LogP contribution in [0.15, 0.2) is 78.9 Å². The number of hydrogen-bond donors (Lipinski definition) is 3. The zero-order valence-electron chi connectivity index (χ0n) is 15.4. The van der Waals surface area contributed by atoms with Crippen molar-refractivity contribution in [3.63, 3.8) is 0 Å². The Balaban J connectivity index is 1.69. The van der Waals surface area contributed by atoms with Gasteiger partial charge in [-0.1, -0.05) is 54.6 Å². The highest BCUT2D eigenvalue weighted by atomic mass is 16.4. The molecule has 0 aliphatic carbocycles. The minimum atomic E-state index is -1.16. The van der Waals surface area contributed by atoms with E-state index in [1.54, 1.807) is 48.5 Å². The van der Waals surface area contributed by atoms with Gasteiger partial charge in [-0.05, 0) is 29.8 Å². The minimum absolute atomic E-state index is 0.0753. The van der Waals surface area contributed by atoms with Crippen molar-refractivity contribution in [2.75, 3.05) is 0 Å². The van der Waals surface area contributed by atoms with E-state index in [9.17, 15) is 24.6 Å². The number of benzene rings is 3. The summed E-state index contributed by atoms with van der Waals surface area (Å²) in [6.07, 6.45) is 0.0753. The molecule has 6 nitrogen and oxygen atoms in total. The van der Waals surface area contributed by atoms with E-state index in [1.165, 1.54) is 24.3 Å². The zero-order valence-corrected chi connectivity index (χ0v) is 15.4. The monoisotopic (exact) mass is 389 g/mol. The van der Waals surface area contributed by atoms with E-state index in [-0.39, 0.29) is 23.5 Å². The van der Waals surface area contributed by atoms with Crippen molar-refractivity contribution in [3.8, 4) is 5.75 Å². The van der Waals surface area contributed by atoms with Gasteiger partial charge in [0.05, 0.1) is 0 Å². The molecule has 0 aromatic heterocycles. The van der Waals surface area contributed by atoms with Crippen LogP contribution in [-0.4, -0.2) is 33.9 Å². The lowest BCUT2D eigenvalue weighted by atomic mass is 10.0. The maximum absolute atomic E-state index is 12.5. The first-order valence-electron chi connectivity index (χ1n) is 8.95. The molecule has 29 heavy (non-hydrogen) atoms. The smallest absolute Gasteiger partial charge is 0.326 e. The topological polar surface area (TPSA) is 104 Å². The Morgan fingerprint density at radius 1 is 0.759 bits per heavy atom. The van der Waals surface area contributed by atoms with Crippen molar-refractivity contribution in [1.82, 2.24) is 5.32 Å². The first-order valence-corrected chi connectivity index (χ1v) is 8.95. The SMILES string of the molecule is O=C(N[C@@H](Cc1ccc(O)cc1)C(=O)O)c1ccc(C(=O)c2ccccc2)cc1. The van der Waals surface area contributed by atoms with Crippen molar-refractivity contribution in [1.29, 1.82) is 0 Å². The molecule has 0 unspecified atom stereocenters. The zero-order chi connectivity index (χ0) is 20.8. The van der Waals surface area contributed by atoms with Crippen molar-refractivity contribution in [2.45, 2.75) is 12.5 Å². The van der Waals surface area contributed by atoms with Gasteiger partial charge in [0.15, 0.2) is 5.78 Å². The third kappa shape index (κ3) is 5.07. The molecule has 1 amide bonds. The molecule has 0 fully saturated rings. The van der Waals surface area contributed by atoms with Crippen LogP contribution in [-0.2, 0) is 11.2 Å². The van der Waals surface area contributed by atoms with Gasteiger partial charge in [0.1, 0.15) is 11.8 Å². The molecule has 3 aromatic rings. The average Bonchev–Trinajstić information content (AvgIpc) is 2.75. The summed E-state index contributed by atoms with van der Waals surface area (Å²) in [5, 5.41) is 21.2. The van der Waals surface area contributed by atoms with Crippen molar-refractivity contribution >= 4 is 17.7 Å². The molecular formula is C23H19NO5. The lowest BCUT2D eigenvalue weighted by Crippen LogP contribution is -2.42. The number of hydrogen-bond acceptors (Lipinski definition) is 4. The molecular weight excluding hydrogens is 370 g/mol. The fraction of sp³-hybridized carbons (Fsp3) is 0.0870. The van der Waals surface area contributed by atoms with E-state index < -0.39 is 17.9 Å². The number of carbonyl (C=O) groups is 3. The van der Waals surface area contributed by atoms with Crippen LogP contribution in [0.3, 0.4) is 0 Å². The number of carboxylic acids is 1. The van der Waals surface area contributed by atoms with Crippen LogP contribution in [0.25, 0.3) is 0 Å². The first-order chi connectivity index (χ1) is 13.9. The molecule has 0 aliphatic heterocycles. The highest BCUT2D eigenvalue weighted by Crippen LogP contribution is 2.13. The van der Waals surface area contributed by atoms with E-state index in [2.05, 4.69) is 5.32 Å². The summed E-state index contributed by atoms with van der Waals surface area (Å²) < 4.78 is 0. The van der Waals surface area contributed by atoms with E-state index in [0.717, 1.165) is 0 Å². The average molecular weight is 389 g/mol. The number of phenols is 1. The van der Waals surface area contributed by atoms with Crippen LogP contribution >= 0.6 is 0 Å². The Morgan fingerprint density at radius 2 is 1.31 bits per heavy atom. The predicted octanol–water partition coefficient (Wildman–Crippen LogP) is 3.05. The number of aromatic hydroxyl groups is 1. The van der Waals surface area contributed by atoms with Gasteiger partial charge in [-0.15, -0.1) is 0 Å². The maximum atomic E-state index is 12.5. The Morgan fingerprint density at radius 3 is 1.90 bits per heavy atom.